The Kier molecular flexibility index (Phi) is 6.51. The number of carbonyl (C=O) groups is 3. The SMILES string of the molecule is O=C(CCC(=O)OCC(=O)c1ccc(Cl)cc1)Nc1ccccc1. The first kappa shape index (κ1) is 17.7. The lowest BCUT2D eigenvalue weighted by atomic mass is 10.1. The van der Waals surface area contributed by atoms with Crippen molar-refractivity contribution >= 4 is 34.9 Å². The molecule has 0 saturated heterocycles. The zero-order chi connectivity index (χ0) is 17.4. The van der Waals surface area contributed by atoms with Crippen LogP contribution in [-0.2, 0) is 14.3 Å². The Labute approximate surface area is 144 Å². The van der Waals surface area contributed by atoms with Gasteiger partial charge in [-0.05, 0) is 36.4 Å². The van der Waals surface area contributed by atoms with Crippen LogP contribution >= 0.6 is 11.6 Å². The van der Waals surface area contributed by atoms with Crippen LogP contribution in [0.25, 0.3) is 0 Å². The van der Waals surface area contributed by atoms with E-state index in [1.165, 1.54) is 0 Å². The van der Waals surface area contributed by atoms with Crippen molar-refractivity contribution in [3.05, 3.63) is 65.2 Å². The van der Waals surface area contributed by atoms with Gasteiger partial charge in [0.25, 0.3) is 0 Å². The fourth-order valence-electron chi connectivity index (χ4n) is 1.90. The van der Waals surface area contributed by atoms with E-state index in [1.54, 1.807) is 48.5 Å². The van der Waals surface area contributed by atoms with Crippen LogP contribution < -0.4 is 5.32 Å². The molecule has 0 aliphatic carbocycles. The summed E-state index contributed by atoms with van der Waals surface area (Å²) in [6, 6.07) is 15.2. The van der Waals surface area contributed by atoms with E-state index in [2.05, 4.69) is 5.32 Å². The van der Waals surface area contributed by atoms with Crippen molar-refractivity contribution in [3.8, 4) is 0 Å². The Balaban J connectivity index is 1.70. The van der Waals surface area contributed by atoms with Gasteiger partial charge >= 0.3 is 5.97 Å². The number of amides is 1. The van der Waals surface area contributed by atoms with E-state index in [-0.39, 0.29) is 31.1 Å². The summed E-state index contributed by atoms with van der Waals surface area (Å²) in [5, 5.41) is 3.19. The van der Waals surface area contributed by atoms with Crippen LogP contribution in [-0.4, -0.2) is 24.3 Å². The third kappa shape index (κ3) is 5.85. The van der Waals surface area contributed by atoms with Gasteiger partial charge in [0, 0.05) is 22.7 Å². The molecular weight excluding hydrogens is 330 g/mol. The number of nitrogens with one attached hydrogen (secondary N) is 1. The zero-order valence-electron chi connectivity index (χ0n) is 12.8. The Hall–Kier alpha value is -2.66. The maximum atomic E-state index is 11.8. The molecule has 2 rings (SSSR count). The van der Waals surface area contributed by atoms with E-state index in [0.29, 0.717) is 16.3 Å². The molecule has 6 heteroatoms. The third-order valence-electron chi connectivity index (χ3n) is 3.14. The Morgan fingerprint density at radius 3 is 2.25 bits per heavy atom. The highest BCUT2D eigenvalue weighted by molar-refractivity contribution is 6.30. The number of benzene rings is 2. The van der Waals surface area contributed by atoms with Gasteiger partial charge in [-0.25, -0.2) is 0 Å². The second kappa shape index (κ2) is 8.84. The molecule has 1 N–H and O–H groups in total. The molecule has 0 heterocycles. The van der Waals surface area contributed by atoms with Crippen LogP contribution in [0.2, 0.25) is 5.02 Å². The second-order valence-electron chi connectivity index (χ2n) is 5.00. The Bertz CT molecular complexity index is 714. The number of hydrogen-bond donors (Lipinski definition) is 1. The summed E-state index contributed by atoms with van der Waals surface area (Å²) < 4.78 is 4.89. The summed E-state index contributed by atoms with van der Waals surface area (Å²) in [5.41, 5.74) is 1.07. The number of hydrogen-bond acceptors (Lipinski definition) is 4. The highest BCUT2D eigenvalue weighted by atomic mass is 35.5. The topological polar surface area (TPSA) is 72.5 Å². The number of anilines is 1. The predicted octanol–water partition coefficient (Wildman–Crippen LogP) is 3.48. The summed E-state index contributed by atoms with van der Waals surface area (Å²) in [6.45, 7) is -0.360. The van der Waals surface area contributed by atoms with Crippen molar-refractivity contribution < 1.29 is 19.1 Å². The lowest BCUT2D eigenvalue weighted by molar-refractivity contribution is -0.143. The lowest BCUT2D eigenvalue weighted by Crippen LogP contribution is -2.17. The first-order valence-corrected chi connectivity index (χ1v) is 7.71. The molecule has 0 spiro atoms. The number of para-hydroxylation sites is 1. The molecule has 0 bridgehead atoms. The standard InChI is InChI=1S/C18H16ClNO4/c19-14-8-6-13(7-9-14)16(21)12-24-18(23)11-10-17(22)20-15-4-2-1-3-5-15/h1-9H,10-12H2,(H,20,22). The van der Waals surface area contributed by atoms with Gasteiger partial charge in [-0.3, -0.25) is 14.4 Å². The average molecular weight is 346 g/mol. The van der Waals surface area contributed by atoms with Crippen LogP contribution in [0.1, 0.15) is 23.2 Å². The number of Topliss-reactive ketones (excluding diaryl/α,β-unsaturated/α-hetero) is 1. The molecule has 0 fully saturated rings. The largest absolute Gasteiger partial charge is 0.457 e. The van der Waals surface area contributed by atoms with Gasteiger partial charge in [-0.15, -0.1) is 0 Å². The van der Waals surface area contributed by atoms with Crippen molar-refractivity contribution in [3.63, 3.8) is 0 Å². The van der Waals surface area contributed by atoms with Gasteiger partial charge < -0.3 is 10.1 Å². The summed E-state index contributed by atoms with van der Waals surface area (Å²) in [6.07, 6.45) is -0.102. The fraction of sp³-hybridized carbons (Fsp3) is 0.167. The minimum absolute atomic E-state index is 0.0110. The van der Waals surface area contributed by atoms with Crippen molar-refractivity contribution in [2.75, 3.05) is 11.9 Å². The van der Waals surface area contributed by atoms with Crippen molar-refractivity contribution in [1.29, 1.82) is 0 Å². The predicted molar refractivity (Wildman–Crippen MR) is 91.0 cm³/mol. The van der Waals surface area contributed by atoms with Crippen molar-refractivity contribution in [2.45, 2.75) is 12.8 Å². The minimum atomic E-state index is -0.597. The van der Waals surface area contributed by atoms with E-state index >= 15 is 0 Å². The molecule has 2 aromatic rings. The van der Waals surface area contributed by atoms with E-state index in [0.717, 1.165) is 0 Å². The van der Waals surface area contributed by atoms with Gasteiger partial charge in [0.05, 0.1) is 6.42 Å². The molecule has 0 radical (unpaired) electrons. The highest BCUT2D eigenvalue weighted by Gasteiger charge is 2.12. The number of ketones is 1. The molecule has 2 aromatic carbocycles. The minimum Gasteiger partial charge on any atom is -0.457 e. The van der Waals surface area contributed by atoms with Gasteiger partial charge in [-0.1, -0.05) is 29.8 Å². The molecule has 0 aliphatic heterocycles. The monoisotopic (exact) mass is 345 g/mol. The Morgan fingerprint density at radius 2 is 1.58 bits per heavy atom. The summed E-state index contributed by atoms with van der Waals surface area (Å²) in [7, 11) is 0. The van der Waals surface area contributed by atoms with Crippen molar-refractivity contribution in [1.82, 2.24) is 0 Å². The second-order valence-corrected chi connectivity index (χ2v) is 5.44. The molecule has 5 nitrogen and oxygen atoms in total. The van der Waals surface area contributed by atoms with Gasteiger partial charge in [0.2, 0.25) is 5.91 Å². The normalized spacial score (nSPS) is 10.0. The first-order valence-electron chi connectivity index (χ1n) is 7.34. The molecule has 0 aliphatic rings. The summed E-state index contributed by atoms with van der Waals surface area (Å²) >= 11 is 5.74. The molecule has 1 amide bonds. The number of carbonyl (C=O) groups excluding carboxylic acids is 3. The molecule has 24 heavy (non-hydrogen) atoms. The van der Waals surface area contributed by atoms with Crippen LogP contribution in [0.5, 0.6) is 0 Å². The van der Waals surface area contributed by atoms with Crippen LogP contribution in [0.15, 0.2) is 54.6 Å². The fourth-order valence-corrected chi connectivity index (χ4v) is 2.02. The van der Waals surface area contributed by atoms with Gasteiger partial charge in [0.1, 0.15) is 0 Å². The first-order chi connectivity index (χ1) is 11.5. The van der Waals surface area contributed by atoms with Gasteiger partial charge in [-0.2, -0.15) is 0 Å². The molecule has 0 saturated carbocycles. The van der Waals surface area contributed by atoms with Crippen molar-refractivity contribution in [2.24, 2.45) is 0 Å². The quantitative estimate of drug-likeness (QED) is 0.616. The Morgan fingerprint density at radius 1 is 0.917 bits per heavy atom. The molecule has 0 unspecified atom stereocenters. The smallest absolute Gasteiger partial charge is 0.306 e. The van der Waals surface area contributed by atoms with Crippen LogP contribution in [0.4, 0.5) is 5.69 Å². The molecule has 0 aromatic heterocycles. The highest BCUT2D eigenvalue weighted by Crippen LogP contribution is 2.10. The number of ether oxygens (including phenoxy) is 1. The zero-order valence-corrected chi connectivity index (χ0v) is 13.6. The summed E-state index contributed by atoms with van der Waals surface area (Å²) in [5.74, 6) is -1.21. The maximum Gasteiger partial charge on any atom is 0.306 e. The lowest BCUT2D eigenvalue weighted by Gasteiger charge is -2.06. The van der Waals surface area contributed by atoms with Gasteiger partial charge in [0.15, 0.2) is 12.4 Å². The van der Waals surface area contributed by atoms with Crippen LogP contribution in [0, 0.1) is 0 Å². The molecular formula is C18H16ClNO4. The third-order valence-corrected chi connectivity index (χ3v) is 3.40. The van der Waals surface area contributed by atoms with E-state index in [4.69, 9.17) is 16.3 Å². The maximum absolute atomic E-state index is 11.8. The molecule has 0 atom stereocenters. The number of esters is 1. The number of rotatable bonds is 7. The van der Waals surface area contributed by atoms with Crippen LogP contribution in [0.3, 0.4) is 0 Å². The number of halogens is 1. The van der Waals surface area contributed by atoms with E-state index in [1.807, 2.05) is 6.07 Å². The summed E-state index contributed by atoms with van der Waals surface area (Å²) in [4.78, 5) is 35.2. The van der Waals surface area contributed by atoms with E-state index in [9.17, 15) is 14.4 Å². The average Bonchev–Trinajstić information content (AvgIpc) is 2.59. The molecule has 124 valence electrons. The van der Waals surface area contributed by atoms with E-state index < -0.39 is 5.97 Å².